The molecule has 3 heteroatoms. The third kappa shape index (κ3) is 2.83. The van der Waals surface area contributed by atoms with Gasteiger partial charge in [-0.1, -0.05) is 42.8 Å². The third-order valence-corrected chi connectivity index (χ3v) is 5.71. The molecule has 2 heterocycles. The van der Waals surface area contributed by atoms with Gasteiger partial charge in [-0.25, -0.2) is 0 Å². The quantitative estimate of drug-likeness (QED) is 0.856. The van der Waals surface area contributed by atoms with Crippen LogP contribution in [0.3, 0.4) is 0 Å². The molecule has 1 aliphatic carbocycles. The predicted molar refractivity (Wildman–Crippen MR) is 93.1 cm³/mol. The standard InChI is InChI=1S/C20H26N2O/c1-2-20(23)22-18-9-10-19(22)14-21(13-18)12-15-7-8-16-5-3-4-6-17(16)11-15/h3-6,11,18-19H,2,7-10,12-14H2,1H3/t18-,19+. The second-order valence-corrected chi connectivity index (χ2v) is 7.24. The summed E-state index contributed by atoms with van der Waals surface area (Å²) in [7, 11) is 0. The molecular weight excluding hydrogens is 284 g/mol. The van der Waals surface area contributed by atoms with Crippen LogP contribution >= 0.6 is 0 Å². The van der Waals surface area contributed by atoms with Crippen molar-refractivity contribution in [2.45, 2.75) is 51.1 Å². The number of amides is 1. The number of fused-ring (bicyclic) bond motifs is 3. The molecule has 2 saturated heterocycles. The SMILES string of the molecule is CCC(=O)N1[C@@H]2CC[C@H]1CN(CC1=Cc3ccccc3CC1)C2. The average Bonchev–Trinajstić information content (AvgIpc) is 2.85. The van der Waals surface area contributed by atoms with Crippen LogP contribution in [-0.2, 0) is 11.2 Å². The molecule has 2 bridgehead atoms. The van der Waals surface area contributed by atoms with E-state index < -0.39 is 0 Å². The summed E-state index contributed by atoms with van der Waals surface area (Å²) < 4.78 is 0. The van der Waals surface area contributed by atoms with Crippen LogP contribution in [-0.4, -0.2) is 47.4 Å². The second-order valence-electron chi connectivity index (χ2n) is 7.24. The normalized spacial score (nSPS) is 26.8. The van der Waals surface area contributed by atoms with Gasteiger partial charge >= 0.3 is 0 Å². The Labute approximate surface area is 139 Å². The van der Waals surface area contributed by atoms with Gasteiger partial charge in [-0.05, 0) is 36.8 Å². The molecule has 3 nitrogen and oxygen atoms in total. The first-order valence-electron chi connectivity index (χ1n) is 9.05. The van der Waals surface area contributed by atoms with Crippen molar-refractivity contribution in [3.63, 3.8) is 0 Å². The van der Waals surface area contributed by atoms with Gasteiger partial charge in [0.05, 0.1) is 0 Å². The minimum Gasteiger partial charge on any atom is -0.334 e. The zero-order valence-corrected chi connectivity index (χ0v) is 14.0. The highest BCUT2D eigenvalue weighted by Gasteiger charge is 2.41. The van der Waals surface area contributed by atoms with Crippen molar-refractivity contribution in [2.75, 3.05) is 19.6 Å². The number of aryl methyl sites for hydroxylation is 1. The lowest BCUT2D eigenvalue weighted by atomic mass is 9.92. The summed E-state index contributed by atoms with van der Waals surface area (Å²) >= 11 is 0. The summed E-state index contributed by atoms with van der Waals surface area (Å²) in [5, 5.41) is 0. The Morgan fingerprint density at radius 2 is 1.87 bits per heavy atom. The minimum absolute atomic E-state index is 0.350. The lowest BCUT2D eigenvalue weighted by Crippen LogP contribution is -2.55. The van der Waals surface area contributed by atoms with E-state index in [0.29, 0.717) is 24.4 Å². The van der Waals surface area contributed by atoms with Gasteiger partial charge in [0.1, 0.15) is 0 Å². The summed E-state index contributed by atoms with van der Waals surface area (Å²) in [6.07, 6.45) is 7.77. The molecule has 2 aliphatic heterocycles. The average molecular weight is 310 g/mol. The van der Waals surface area contributed by atoms with Gasteiger partial charge in [0.25, 0.3) is 0 Å². The number of likely N-dealkylation sites (tertiary alicyclic amines) is 1. The Morgan fingerprint density at radius 3 is 2.61 bits per heavy atom. The largest absolute Gasteiger partial charge is 0.334 e. The zero-order valence-electron chi connectivity index (χ0n) is 14.0. The monoisotopic (exact) mass is 310 g/mol. The number of carbonyl (C=O) groups excluding carboxylic acids is 1. The lowest BCUT2D eigenvalue weighted by Gasteiger charge is -2.41. The van der Waals surface area contributed by atoms with Crippen molar-refractivity contribution < 1.29 is 4.79 Å². The maximum absolute atomic E-state index is 12.2. The maximum atomic E-state index is 12.2. The van der Waals surface area contributed by atoms with E-state index in [0.717, 1.165) is 19.6 Å². The van der Waals surface area contributed by atoms with Crippen LogP contribution in [0.1, 0.15) is 43.7 Å². The molecular formula is C20H26N2O. The van der Waals surface area contributed by atoms with Crippen molar-refractivity contribution in [3.05, 3.63) is 41.0 Å². The highest BCUT2D eigenvalue weighted by atomic mass is 16.2. The first kappa shape index (κ1) is 14.9. The van der Waals surface area contributed by atoms with Gasteiger partial charge in [-0.3, -0.25) is 9.69 Å². The van der Waals surface area contributed by atoms with Crippen LogP contribution in [0.15, 0.2) is 29.8 Å². The Balaban J connectivity index is 1.44. The summed E-state index contributed by atoms with van der Waals surface area (Å²) in [4.78, 5) is 16.9. The maximum Gasteiger partial charge on any atom is 0.222 e. The Hall–Kier alpha value is -1.61. The fourth-order valence-corrected chi connectivity index (χ4v) is 4.61. The van der Waals surface area contributed by atoms with Gasteiger partial charge in [-0.2, -0.15) is 0 Å². The number of piperazine rings is 1. The molecule has 0 N–H and O–H groups in total. The van der Waals surface area contributed by atoms with E-state index in [9.17, 15) is 4.79 Å². The van der Waals surface area contributed by atoms with E-state index in [1.54, 1.807) is 5.57 Å². The summed E-state index contributed by atoms with van der Waals surface area (Å²) in [5.74, 6) is 0.350. The molecule has 4 rings (SSSR count). The molecule has 0 aromatic heterocycles. The number of hydrogen-bond donors (Lipinski definition) is 0. The van der Waals surface area contributed by atoms with E-state index >= 15 is 0 Å². The number of rotatable bonds is 3. The molecule has 23 heavy (non-hydrogen) atoms. The van der Waals surface area contributed by atoms with Gasteiger partial charge < -0.3 is 4.90 Å². The van der Waals surface area contributed by atoms with Crippen LogP contribution in [0.2, 0.25) is 0 Å². The first-order valence-corrected chi connectivity index (χ1v) is 9.05. The van der Waals surface area contributed by atoms with E-state index in [2.05, 4.69) is 40.1 Å². The molecule has 0 radical (unpaired) electrons. The van der Waals surface area contributed by atoms with Crippen molar-refractivity contribution in [3.8, 4) is 0 Å². The van der Waals surface area contributed by atoms with Crippen molar-refractivity contribution in [1.29, 1.82) is 0 Å². The number of nitrogens with zero attached hydrogens (tertiary/aromatic N) is 2. The summed E-state index contributed by atoms with van der Waals surface area (Å²) in [6, 6.07) is 9.66. The predicted octanol–water partition coefficient (Wildman–Crippen LogP) is 3.10. The third-order valence-electron chi connectivity index (χ3n) is 5.71. The van der Waals surface area contributed by atoms with Crippen LogP contribution in [0.4, 0.5) is 0 Å². The smallest absolute Gasteiger partial charge is 0.222 e. The molecule has 122 valence electrons. The number of benzene rings is 1. The van der Waals surface area contributed by atoms with Gasteiger partial charge in [0.15, 0.2) is 0 Å². The fourth-order valence-electron chi connectivity index (χ4n) is 4.61. The van der Waals surface area contributed by atoms with E-state index in [1.165, 1.54) is 36.8 Å². The van der Waals surface area contributed by atoms with Crippen molar-refractivity contribution >= 4 is 12.0 Å². The summed E-state index contributed by atoms with van der Waals surface area (Å²) in [6.45, 7) is 5.18. The van der Waals surface area contributed by atoms with Crippen molar-refractivity contribution in [2.24, 2.45) is 0 Å². The van der Waals surface area contributed by atoms with Crippen LogP contribution in [0.25, 0.3) is 6.08 Å². The van der Waals surface area contributed by atoms with E-state index in [-0.39, 0.29) is 0 Å². The van der Waals surface area contributed by atoms with Crippen LogP contribution < -0.4 is 0 Å². The summed E-state index contributed by atoms with van der Waals surface area (Å²) in [5.41, 5.74) is 4.43. The fraction of sp³-hybridized carbons (Fsp3) is 0.550. The highest BCUT2D eigenvalue weighted by Crippen LogP contribution is 2.32. The lowest BCUT2D eigenvalue weighted by molar-refractivity contribution is -0.136. The van der Waals surface area contributed by atoms with Gasteiger partial charge in [0, 0.05) is 38.1 Å². The van der Waals surface area contributed by atoms with Crippen molar-refractivity contribution in [1.82, 2.24) is 9.80 Å². The minimum atomic E-state index is 0.350. The Morgan fingerprint density at radius 1 is 1.13 bits per heavy atom. The molecule has 1 aromatic carbocycles. The molecule has 1 amide bonds. The molecule has 0 saturated carbocycles. The van der Waals surface area contributed by atoms with Crippen LogP contribution in [0.5, 0.6) is 0 Å². The molecule has 2 fully saturated rings. The van der Waals surface area contributed by atoms with Gasteiger partial charge in [0.2, 0.25) is 5.91 Å². The number of carbonyl (C=O) groups is 1. The van der Waals surface area contributed by atoms with Gasteiger partial charge in [-0.15, -0.1) is 0 Å². The molecule has 2 atom stereocenters. The highest BCUT2D eigenvalue weighted by molar-refractivity contribution is 5.77. The molecule has 1 aromatic rings. The first-order chi connectivity index (χ1) is 11.2. The molecule has 0 unspecified atom stereocenters. The topological polar surface area (TPSA) is 23.6 Å². The number of hydrogen-bond acceptors (Lipinski definition) is 2. The Kier molecular flexibility index (Phi) is 3.98. The molecule has 3 aliphatic rings. The zero-order chi connectivity index (χ0) is 15.8. The Bertz CT molecular complexity index is 622. The van der Waals surface area contributed by atoms with Crippen LogP contribution in [0, 0.1) is 0 Å². The second kappa shape index (κ2) is 6.12. The van der Waals surface area contributed by atoms with E-state index in [4.69, 9.17) is 0 Å². The molecule has 0 spiro atoms. The van der Waals surface area contributed by atoms with E-state index in [1.807, 2.05) is 6.92 Å².